The molecule has 0 saturated heterocycles. The largest absolute Gasteiger partial charge is 0.353 e. The van der Waals surface area contributed by atoms with Crippen molar-refractivity contribution in [3.63, 3.8) is 0 Å². The molecule has 17 heavy (non-hydrogen) atoms. The minimum Gasteiger partial charge on any atom is -0.353 e. The summed E-state index contributed by atoms with van der Waals surface area (Å²) < 4.78 is 3.14. The Hall–Kier alpha value is -1.29. The Kier molecular flexibility index (Phi) is 3.52. The van der Waals surface area contributed by atoms with Crippen LogP contribution in [0.3, 0.4) is 0 Å². The minimum atomic E-state index is 0.364. The number of hydrogen-bond acceptors (Lipinski definition) is 2. The van der Waals surface area contributed by atoms with E-state index in [0.29, 0.717) is 6.04 Å². The smallest absolute Gasteiger partial charge is 0.207 e. The average Bonchev–Trinajstić information content (AvgIpc) is 2.69. The second-order valence-corrected chi connectivity index (χ2v) is 5.27. The van der Waals surface area contributed by atoms with E-state index in [2.05, 4.69) is 63.7 Å². The highest BCUT2D eigenvalue weighted by Crippen LogP contribution is 2.22. The molecule has 0 fully saturated rings. The van der Waals surface area contributed by atoms with Crippen LogP contribution >= 0.6 is 15.9 Å². The predicted octanol–water partition coefficient (Wildman–Crippen LogP) is 3.76. The van der Waals surface area contributed by atoms with Gasteiger partial charge in [0.2, 0.25) is 5.95 Å². The summed E-state index contributed by atoms with van der Waals surface area (Å²) in [5.41, 5.74) is 2.36. The van der Waals surface area contributed by atoms with Gasteiger partial charge < -0.3 is 5.32 Å². The normalized spacial score (nSPS) is 10.9. The van der Waals surface area contributed by atoms with Gasteiger partial charge >= 0.3 is 0 Å². The van der Waals surface area contributed by atoms with Gasteiger partial charge in [0.25, 0.3) is 0 Å². The fraction of sp³-hybridized carbons (Fsp3) is 0.308. The summed E-state index contributed by atoms with van der Waals surface area (Å²) in [5.74, 6) is 0.876. The van der Waals surface area contributed by atoms with Gasteiger partial charge in [0.05, 0.1) is 5.69 Å². The van der Waals surface area contributed by atoms with Crippen LogP contribution in [-0.4, -0.2) is 15.6 Å². The van der Waals surface area contributed by atoms with Crippen LogP contribution in [0.5, 0.6) is 0 Å². The quantitative estimate of drug-likeness (QED) is 0.934. The molecular formula is C13H16BrN3. The van der Waals surface area contributed by atoms with Gasteiger partial charge in [-0.25, -0.2) is 4.98 Å². The molecule has 1 aromatic carbocycles. The second kappa shape index (κ2) is 4.92. The van der Waals surface area contributed by atoms with Gasteiger partial charge in [-0.15, -0.1) is 0 Å². The topological polar surface area (TPSA) is 29.9 Å². The van der Waals surface area contributed by atoms with E-state index in [1.165, 1.54) is 5.56 Å². The number of anilines is 1. The molecule has 0 saturated carbocycles. The third-order valence-electron chi connectivity index (χ3n) is 2.49. The van der Waals surface area contributed by atoms with Crippen LogP contribution in [0.15, 0.2) is 35.1 Å². The van der Waals surface area contributed by atoms with Crippen LogP contribution in [-0.2, 0) is 0 Å². The molecule has 1 N–H and O–H groups in total. The summed E-state index contributed by atoms with van der Waals surface area (Å²) in [4.78, 5) is 4.34. The fourth-order valence-corrected chi connectivity index (χ4v) is 2.05. The molecule has 0 amide bonds. The number of rotatable bonds is 3. The first-order valence-corrected chi connectivity index (χ1v) is 6.43. The van der Waals surface area contributed by atoms with Crippen LogP contribution < -0.4 is 5.32 Å². The van der Waals surface area contributed by atoms with Crippen molar-refractivity contribution in [3.8, 4) is 5.69 Å². The Bertz CT molecular complexity index is 517. The molecule has 3 nitrogen and oxygen atoms in total. The Labute approximate surface area is 110 Å². The van der Waals surface area contributed by atoms with Gasteiger partial charge in [-0.2, -0.15) is 0 Å². The molecule has 4 heteroatoms. The van der Waals surface area contributed by atoms with Crippen LogP contribution in [0.4, 0.5) is 5.95 Å². The lowest BCUT2D eigenvalue weighted by atomic mass is 10.2. The Morgan fingerprint density at radius 2 is 2.12 bits per heavy atom. The first kappa shape index (κ1) is 12.2. The van der Waals surface area contributed by atoms with Crippen molar-refractivity contribution in [2.24, 2.45) is 0 Å². The van der Waals surface area contributed by atoms with E-state index in [1.54, 1.807) is 0 Å². The van der Waals surface area contributed by atoms with Crippen molar-refractivity contribution < 1.29 is 0 Å². The number of hydrogen-bond donors (Lipinski definition) is 1. The first-order valence-electron chi connectivity index (χ1n) is 5.64. The SMILES string of the molecule is Cc1ccc(Br)cc1-n1ccnc1NC(C)C. The zero-order chi connectivity index (χ0) is 12.4. The van der Waals surface area contributed by atoms with Crippen molar-refractivity contribution >= 4 is 21.9 Å². The lowest BCUT2D eigenvalue weighted by Gasteiger charge is -2.14. The third kappa shape index (κ3) is 2.69. The Morgan fingerprint density at radius 3 is 2.82 bits per heavy atom. The molecule has 1 heterocycles. The summed E-state index contributed by atoms with van der Waals surface area (Å²) in [6.07, 6.45) is 3.78. The average molecular weight is 294 g/mol. The molecule has 2 rings (SSSR count). The molecule has 0 radical (unpaired) electrons. The molecule has 0 aliphatic rings. The highest BCUT2D eigenvalue weighted by Gasteiger charge is 2.08. The number of imidazole rings is 1. The zero-order valence-electron chi connectivity index (χ0n) is 10.2. The van der Waals surface area contributed by atoms with Gasteiger partial charge in [0.15, 0.2) is 0 Å². The molecule has 0 unspecified atom stereocenters. The molecule has 2 aromatic rings. The van der Waals surface area contributed by atoms with Crippen molar-refractivity contribution in [2.45, 2.75) is 26.8 Å². The molecule has 0 spiro atoms. The van der Waals surface area contributed by atoms with E-state index in [-0.39, 0.29) is 0 Å². The maximum Gasteiger partial charge on any atom is 0.207 e. The predicted molar refractivity (Wildman–Crippen MR) is 74.8 cm³/mol. The number of nitrogens with zero attached hydrogens (tertiary/aromatic N) is 2. The van der Waals surface area contributed by atoms with E-state index in [1.807, 2.05) is 18.5 Å². The minimum absolute atomic E-state index is 0.364. The fourth-order valence-electron chi connectivity index (χ4n) is 1.70. The van der Waals surface area contributed by atoms with Crippen LogP contribution in [0.2, 0.25) is 0 Å². The summed E-state index contributed by atoms with van der Waals surface area (Å²) in [6, 6.07) is 6.61. The molecule has 0 bridgehead atoms. The molecular weight excluding hydrogens is 278 g/mol. The van der Waals surface area contributed by atoms with Crippen LogP contribution in [0.1, 0.15) is 19.4 Å². The summed E-state index contributed by atoms with van der Waals surface area (Å²) in [5, 5.41) is 3.34. The number of halogens is 1. The van der Waals surface area contributed by atoms with E-state index >= 15 is 0 Å². The van der Waals surface area contributed by atoms with Crippen molar-refractivity contribution in [3.05, 3.63) is 40.6 Å². The van der Waals surface area contributed by atoms with Crippen molar-refractivity contribution in [2.75, 3.05) is 5.32 Å². The Balaban J connectivity index is 2.45. The zero-order valence-corrected chi connectivity index (χ0v) is 11.8. The Morgan fingerprint density at radius 1 is 1.35 bits per heavy atom. The molecule has 90 valence electrons. The lowest BCUT2D eigenvalue weighted by molar-refractivity contribution is 0.863. The molecule has 1 aromatic heterocycles. The van der Waals surface area contributed by atoms with Crippen LogP contribution in [0, 0.1) is 6.92 Å². The molecule has 0 aliphatic carbocycles. The van der Waals surface area contributed by atoms with E-state index < -0.39 is 0 Å². The summed E-state index contributed by atoms with van der Waals surface area (Å²) in [6.45, 7) is 6.31. The summed E-state index contributed by atoms with van der Waals surface area (Å²) in [7, 11) is 0. The van der Waals surface area contributed by atoms with Gasteiger partial charge in [-0.3, -0.25) is 4.57 Å². The van der Waals surface area contributed by atoms with Crippen molar-refractivity contribution in [1.82, 2.24) is 9.55 Å². The van der Waals surface area contributed by atoms with Crippen molar-refractivity contribution in [1.29, 1.82) is 0 Å². The van der Waals surface area contributed by atoms with Crippen LogP contribution in [0.25, 0.3) is 5.69 Å². The van der Waals surface area contributed by atoms with Gasteiger partial charge in [-0.1, -0.05) is 22.0 Å². The van der Waals surface area contributed by atoms with E-state index in [4.69, 9.17) is 0 Å². The highest BCUT2D eigenvalue weighted by molar-refractivity contribution is 9.10. The summed E-state index contributed by atoms with van der Waals surface area (Å²) >= 11 is 3.50. The van der Waals surface area contributed by atoms with E-state index in [9.17, 15) is 0 Å². The van der Waals surface area contributed by atoms with Gasteiger partial charge in [0, 0.05) is 22.9 Å². The lowest BCUT2D eigenvalue weighted by Crippen LogP contribution is -2.14. The van der Waals surface area contributed by atoms with Gasteiger partial charge in [-0.05, 0) is 38.5 Å². The maximum absolute atomic E-state index is 4.34. The molecule has 0 atom stereocenters. The number of aryl methyl sites for hydroxylation is 1. The molecule has 0 aliphatic heterocycles. The third-order valence-corrected chi connectivity index (χ3v) is 2.98. The number of benzene rings is 1. The number of aromatic nitrogens is 2. The second-order valence-electron chi connectivity index (χ2n) is 4.35. The first-order chi connectivity index (χ1) is 8.08. The highest BCUT2D eigenvalue weighted by atomic mass is 79.9. The maximum atomic E-state index is 4.34. The monoisotopic (exact) mass is 293 g/mol. The standard InChI is InChI=1S/C13H16BrN3/c1-9(2)16-13-15-6-7-17(13)12-8-11(14)5-4-10(12)3/h4-9H,1-3H3,(H,15,16). The van der Waals surface area contributed by atoms with E-state index in [0.717, 1.165) is 16.1 Å². The van der Waals surface area contributed by atoms with Gasteiger partial charge in [0.1, 0.15) is 0 Å². The number of nitrogens with one attached hydrogen (secondary N) is 1.